The molecule has 0 unspecified atom stereocenters. The Kier molecular flexibility index (Phi) is 6.62. The fourth-order valence-electron chi connectivity index (χ4n) is 1.69. The number of rotatable bonds is 7. The number of likely N-dealkylation sites (N-methyl/N-ethyl adjacent to an activating group) is 1. The Bertz CT molecular complexity index is 659. The van der Waals surface area contributed by atoms with E-state index in [1.165, 1.54) is 17.0 Å². The van der Waals surface area contributed by atoms with Crippen LogP contribution in [0.2, 0.25) is 0 Å². The van der Waals surface area contributed by atoms with Crippen molar-refractivity contribution in [2.75, 3.05) is 27.3 Å². The highest BCUT2D eigenvalue weighted by atomic mass is 16.5. The number of hydrogen-bond acceptors (Lipinski definition) is 5. The second-order valence-electron chi connectivity index (χ2n) is 4.69. The first-order chi connectivity index (χ1) is 10.9. The predicted molar refractivity (Wildman–Crippen MR) is 83.0 cm³/mol. The van der Waals surface area contributed by atoms with Crippen molar-refractivity contribution in [1.82, 2.24) is 4.90 Å². The van der Waals surface area contributed by atoms with E-state index >= 15 is 0 Å². The predicted octanol–water partition coefficient (Wildman–Crippen LogP) is 1.54. The topological polar surface area (TPSA) is 99.9 Å². The van der Waals surface area contributed by atoms with Gasteiger partial charge in [-0.3, -0.25) is 4.79 Å². The van der Waals surface area contributed by atoms with Crippen LogP contribution in [0.1, 0.15) is 12.5 Å². The summed E-state index contributed by atoms with van der Waals surface area (Å²) in [6.07, 6.45) is 1.44. The molecule has 1 rings (SSSR count). The lowest BCUT2D eigenvalue weighted by molar-refractivity contribution is -0.139. The van der Waals surface area contributed by atoms with Crippen LogP contribution in [-0.4, -0.2) is 49.2 Å². The molecule has 1 amide bonds. The van der Waals surface area contributed by atoms with Gasteiger partial charge < -0.3 is 19.5 Å². The fourth-order valence-corrected chi connectivity index (χ4v) is 1.69. The number of ether oxygens (including phenoxy) is 2. The molecule has 0 saturated carbocycles. The van der Waals surface area contributed by atoms with E-state index in [4.69, 9.17) is 19.8 Å². The SMILES string of the molecule is CCOc1cc(/C=C(/C#N)C(=O)N(C)C)ccc1OCC(=O)O. The van der Waals surface area contributed by atoms with E-state index < -0.39 is 18.5 Å². The van der Waals surface area contributed by atoms with E-state index in [9.17, 15) is 9.59 Å². The molecule has 0 aliphatic rings. The van der Waals surface area contributed by atoms with Gasteiger partial charge in [0.2, 0.25) is 0 Å². The molecule has 0 bridgehead atoms. The molecule has 0 aromatic heterocycles. The fraction of sp³-hybridized carbons (Fsp3) is 0.312. The van der Waals surface area contributed by atoms with Crippen molar-refractivity contribution < 1.29 is 24.2 Å². The van der Waals surface area contributed by atoms with Crippen LogP contribution in [0.5, 0.6) is 11.5 Å². The third kappa shape index (κ3) is 5.36. The van der Waals surface area contributed by atoms with Gasteiger partial charge in [0, 0.05) is 14.1 Å². The molecule has 7 heteroatoms. The standard InChI is InChI=1S/C16H18N2O5/c1-4-22-14-8-11(5-6-13(14)23-10-15(19)20)7-12(9-17)16(21)18(2)3/h5-8H,4,10H2,1-3H3,(H,19,20)/b12-7-. The summed E-state index contributed by atoms with van der Waals surface area (Å²) in [6.45, 7) is 1.65. The summed E-state index contributed by atoms with van der Waals surface area (Å²) < 4.78 is 10.5. The molecular formula is C16H18N2O5. The zero-order valence-electron chi connectivity index (χ0n) is 13.2. The summed E-state index contributed by atoms with van der Waals surface area (Å²) in [5.41, 5.74) is 0.555. The molecule has 1 aromatic carbocycles. The second-order valence-corrected chi connectivity index (χ2v) is 4.69. The highest BCUT2D eigenvalue weighted by molar-refractivity contribution is 6.01. The van der Waals surface area contributed by atoms with E-state index in [0.29, 0.717) is 17.9 Å². The third-order valence-electron chi connectivity index (χ3n) is 2.69. The Morgan fingerprint density at radius 3 is 2.52 bits per heavy atom. The first-order valence-electron chi connectivity index (χ1n) is 6.84. The van der Waals surface area contributed by atoms with Crippen LogP contribution in [0.25, 0.3) is 6.08 Å². The Morgan fingerprint density at radius 1 is 1.30 bits per heavy atom. The van der Waals surface area contributed by atoms with Crippen molar-refractivity contribution in [1.29, 1.82) is 5.26 Å². The van der Waals surface area contributed by atoms with Crippen molar-refractivity contribution in [2.24, 2.45) is 0 Å². The zero-order valence-corrected chi connectivity index (χ0v) is 13.2. The van der Waals surface area contributed by atoms with Crippen molar-refractivity contribution in [2.45, 2.75) is 6.92 Å². The summed E-state index contributed by atoms with van der Waals surface area (Å²) in [4.78, 5) is 23.7. The molecule has 0 fully saturated rings. The second kappa shape index (κ2) is 8.44. The number of carboxylic acids is 1. The quantitative estimate of drug-likeness (QED) is 0.604. The Hall–Kier alpha value is -3.01. The van der Waals surface area contributed by atoms with E-state index in [2.05, 4.69) is 0 Å². The maximum atomic E-state index is 11.8. The van der Waals surface area contributed by atoms with Crippen LogP contribution in [0, 0.1) is 11.3 Å². The highest BCUT2D eigenvalue weighted by Gasteiger charge is 2.13. The van der Waals surface area contributed by atoms with Crippen LogP contribution in [0.15, 0.2) is 23.8 Å². The highest BCUT2D eigenvalue weighted by Crippen LogP contribution is 2.29. The number of carbonyl (C=O) groups is 2. The van der Waals surface area contributed by atoms with Gasteiger partial charge in [-0.15, -0.1) is 0 Å². The molecule has 0 heterocycles. The molecule has 0 aliphatic carbocycles. The summed E-state index contributed by atoms with van der Waals surface area (Å²) >= 11 is 0. The van der Waals surface area contributed by atoms with Gasteiger partial charge >= 0.3 is 5.97 Å². The van der Waals surface area contributed by atoms with Crippen LogP contribution in [0.4, 0.5) is 0 Å². The first-order valence-corrected chi connectivity index (χ1v) is 6.84. The smallest absolute Gasteiger partial charge is 0.341 e. The van der Waals surface area contributed by atoms with Gasteiger partial charge in [0.1, 0.15) is 11.6 Å². The van der Waals surface area contributed by atoms with Gasteiger partial charge in [-0.05, 0) is 30.7 Å². The summed E-state index contributed by atoms with van der Waals surface area (Å²) in [6, 6.07) is 6.59. The van der Waals surface area contributed by atoms with Gasteiger partial charge in [0.25, 0.3) is 5.91 Å². The van der Waals surface area contributed by atoms with E-state index in [0.717, 1.165) is 0 Å². The van der Waals surface area contributed by atoms with Crippen molar-refractivity contribution >= 4 is 18.0 Å². The molecule has 0 radical (unpaired) electrons. The van der Waals surface area contributed by atoms with Gasteiger partial charge in [-0.25, -0.2) is 4.79 Å². The minimum atomic E-state index is -1.10. The molecule has 7 nitrogen and oxygen atoms in total. The van der Waals surface area contributed by atoms with Gasteiger partial charge in [0.05, 0.1) is 6.61 Å². The van der Waals surface area contributed by atoms with Gasteiger partial charge in [-0.1, -0.05) is 6.07 Å². The number of carbonyl (C=O) groups excluding carboxylic acids is 1. The molecule has 0 aliphatic heterocycles. The van der Waals surface area contributed by atoms with Crippen LogP contribution < -0.4 is 9.47 Å². The van der Waals surface area contributed by atoms with E-state index in [1.807, 2.05) is 6.07 Å². The molecule has 0 saturated heterocycles. The Balaban J connectivity index is 3.14. The lowest BCUT2D eigenvalue weighted by Crippen LogP contribution is -2.22. The molecular weight excluding hydrogens is 300 g/mol. The molecule has 0 atom stereocenters. The van der Waals surface area contributed by atoms with E-state index in [1.54, 1.807) is 33.2 Å². The van der Waals surface area contributed by atoms with Crippen LogP contribution in [-0.2, 0) is 9.59 Å². The van der Waals surface area contributed by atoms with Crippen LogP contribution in [0.3, 0.4) is 0 Å². The lowest BCUT2D eigenvalue weighted by Gasteiger charge is -2.12. The maximum Gasteiger partial charge on any atom is 0.341 e. The first kappa shape index (κ1) is 18.0. The summed E-state index contributed by atoms with van der Waals surface area (Å²) in [5, 5.41) is 17.8. The van der Waals surface area contributed by atoms with Crippen molar-refractivity contribution in [3.05, 3.63) is 29.3 Å². The number of carboxylic acid groups (broad SMARTS) is 1. The normalized spacial score (nSPS) is 10.6. The monoisotopic (exact) mass is 318 g/mol. The van der Waals surface area contributed by atoms with Gasteiger partial charge in [0.15, 0.2) is 18.1 Å². The minimum Gasteiger partial charge on any atom is -0.490 e. The van der Waals surface area contributed by atoms with Gasteiger partial charge in [-0.2, -0.15) is 5.26 Å². The number of hydrogen-bond donors (Lipinski definition) is 1. The Labute approximate surface area is 134 Å². The van der Waals surface area contributed by atoms with Crippen molar-refractivity contribution in [3.8, 4) is 17.6 Å². The van der Waals surface area contributed by atoms with Crippen LogP contribution >= 0.6 is 0 Å². The van der Waals surface area contributed by atoms with Crippen molar-refractivity contribution in [3.63, 3.8) is 0 Å². The molecule has 1 N–H and O–H groups in total. The maximum absolute atomic E-state index is 11.8. The summed E-state index contributed by atoms with van der Waals surface area (Å²) in [7, 11) is 3.12. The largest absolute Gasteiger partial charge is 0.490 e. The number of nitrogens with zero attached hydrogens (tertiary/aromatic N) is 2. The average molecular weight is 318 g/mol. The molecule has 23 heavy (non-hydrogen) atoms. The number of nitriles is 1. The number of amides is 1. The molecule has 122 valence electrons. The number of benzene rings is 1. The third-order valence-corrected chi connectivity index (χ3v) is 2.69. The zero-order chi connectivity index (χ0) is 17.4. The Morgan fingerprint density at radius 2 is 2.00 bits per heavy atom. The lowest BCUT2D eigenvalue weighted by atomic mass is 10.1. The average Bonchev–Trinajstić information content (AvgIpc) is 2.51. The minimum absolute atomic E-state index is 0.0170. The molecule has 1 aromatic rings. The molecule has 0 spiro atoms. The number of aliphatic carboxylic acids is 1. The summed E-state index contributed by atoms with van der Waals surface area (Å²) in [5.74, 6) is -0.877. The van der Waals surface area contributed by atoms with E-state index in [-0.39, 0.29) is 11.3 Å².